The van der Waals surface area contributed by atoms with E-state index in [9.17, 15) is 17.6 Å². The van der Waals surface area contributed by atoms with Gasteiger partial charge in [-0.25, -0.2) is 17.5 Å². The van der Waals surface area contributed by atoms with Crippen LogP contribution in [-0.2, 0) is 14.8 Å². The lowest BCUT2D eigenvalue weighted by Crippen LogP contribution is -2.33. The van der Waals surface area contributed by atoms with Gasteiger partial charge in [0.15, 0.2) is 0 Å². The Kier molecular flexibility index (Phi) is 5.82. The molecule has 9 heteroatoms. The van der Waals surface area contributed by atoms with Gasteiger partial charge in [-0.15, -0.1) is 0 Å². The van der Waals surface area contributed by atoms with Crippen LogP contribution in [0.3, 0.4) is 0 Å². The van der Waals surface area contributed by atoms with Crippen LogP contribution < -0.4 is 10.0 Å². The number of carbonyl (C=O) groups is 1. The fourth-order valence-electron chi connectivity index (χ4n) is 1.95. The van der Waals surface area contributed by atoms with E-state index in [1.807, 2.05) is 0 Å². The van der Waals surface area contributed by atoms with Gasteiger partial charge < -0.3 is 5.32 Å². The molecule has 0 saturated heterocycles. The van der Waals surface area contributed by atoms with Gasteiger partial charge in [-0.3, -0.25) is 4.79 Å². The summed E-state index contributed by atoms with van der Waals surface area (Å²) >= 11 is 11.8. The van der Waals surface area contributed by atoms with Crippen molar-refractivity contribution >= 4 is 44.8 Å². The average Bonchev–Trinajstić information content (AvgIpc) is 2.49. The average molecular weight is 391 g/mol. The summed E-state index contributed by atoms with van der Waals surface area (Å²) in [6.07, 6.45) is 0. The fraction of sp³-hybridized carbons (Fsp3) is 0.133. The quantitative estimate of drug-likeness (QED) is 0.821. The van der Waals surface area contributed by atoms with Crippen LogP contribution in [0.4, 0.5) is 10.1 Å². The van der Waals surface area contributed by atoms with Crippen LogP contribution in [0, 0.1) is 12.7 Å². The number of hydrogen-bond acceptors (Lipinski definition) is 3. The molecule has 2 rings (SSSR count). The molecule has 0 unspecified atom stereocenters. The van der Waals surface area contributed by atoms with Gasteiger partial charge in [0.2, 0.25) is 15.9 Å². The van der Waals surface area contributed by atoms with E-state index in [1.165, 1.54) is 13.0 Å². The maximum atomic E-state index is 13.1. The molecule has 2 aromatic rings. The van der Waals surface area contributed by atoms with Gasteiger partial charge in [0.1, 0.15) is 5.82 Å². The minimum absolute atomic E-state index is 0.0995. The standard InChI is InChI=1S/C15H13Cl2FN2O3S/c1-9-7-10(18)5-6-13(9)24(22,23)19-8-14(21)20-12-4-2-3-11(16)15(12)17/h2-7,19H,8H2,1H3,(H,20,21). The number of anilines is 1. The van der Waals surface area contributed by atoms with Gasteiger partial charge >= 0.3 is 0 Å². The lowest BCUT2D eigenvalue weighted by atomic mass is 10.2. The third-order valence-electron chi connectivity index (χ3n) is 3.07. The zero-order chi connectivity index (χ0) is 17.9. The predicted molar refractivity (Wildman–Crippen MR) is 91.4 cm³/mol. The second-order valence-electron chi connectivity index (χ2n) is 4.88. The number of sulfonamides is 1. The Hall–Kier alpha value is -1.67. The molecule has 2 N–H and O–H groups in total. The largest absolute Gasteiger partial charge is 0.324 e. The van der Waals surface area contributed by atoms with E-state index in [-0.39, 0.29) is 26.2 Å². The molecule has 128 valence electrons. The first-order valence-corrected chi connectivity index (χ1v) is 8.94. The molecule has 0 aromatic heterocycles. The molecular weight excluding hydrogens is 378 g/mol. The molecule has 0 atom stereocenters. The molecule has 1 amide bonds. The van der Waals surface area contributed by atoms with Crippen molar-refractivity contribution in [3.05, 3.63) is 57.8 Å². The highest BCUT2D eigenvalue weighted by Gasteiger charge is 2.18. The summed E-state index contributed by atoms with van der Waals surface area (Å²) in [6, 6.07) is 7.95. The van der Waals surface area contributed by atoms with Gasteiger partial charge in [0.25, 0.3) is 0 Å². The summed E-state index contributed by atoms with van der Waals surface area (Å²) in [7, 11) is -3.95. The van der Waals surface area contributed by atoms with Crippen LogP contribution in [0.2, 0.25) is 10.0 Å². The monoisotopic (exact) mass is 390 g/mol. The summed E-state index contributed by atoms with van der Waals surface area (Å²) in [5.74, 6) is -1.16. The zero-order valence-corrected chi connectivity index (χ0v) is 14.8. The number of amides is 1. The van der Waals surface area contributed by atoms with Crippen LogP contribution in [-0.4, -0.2) is 20.9 Å². The van der Waals surface area contributed by atoms with Crippen molar-refractivity contribution in [2.75, 3.05) is 11.9 Å². The number of benzene rings is 2. The van der Waals surface area contributed by atoms with E-state index in [1.54, 1.807) is 12.1 Å². The smallest absolute Gasteiger partial charge is 0.241 e. The lowest BCUT2D eigenvalue weighted by Gasteiger charge is -2.11. The second-order valence-corrected chi connectivity index (χ2v) is 7.40. The molecule has 0 saturated carbocycles. The maximum Gasteiger partial charge on any atom is 0.241 e. The normalized spacial score (nSPS) is 11.3. The van der Waals surface area contributed by atoms with Crippen LogP contribution >= 0.6 is 23.2 Å². The lowest BCUT2D eigenvalue weighted by molar-refractivity contribution is -0.115. The van der Waals surface area contributed by atoms with Gasteiger partial charge in [-0.1, -0.05) is 29.3 Å². The number of rotatable bonds is 5. The van der Waals surface area contributed by atoms with Crippen molar-refractivity contribution in [1.82, 2.24) is 4.72 Å². The van der Waals surface area contributed by atoms with Crippen LogP contribution in [0.15, 0.2) is 41.3 Å². The summed E-state index contributed by atoms with van der Waals surface area (Å²) < 4.78 is 39.6. The highest BCUT2D eigenvalue weighted by molar-refractivity contribution is 7.89. The van der Waals surface area contributed by atoms with E-state index in [0.717, 1.165) is 18.2 Å². The summed E-state index contributed by atoms with van der Waals surface area (Å²) in [6.45, 7) is 0.950. The van der Waals surface area contributed by atoms with E-state index < -0.39 is 28.3 Å². The third-order valence-corrected chi connectivity index (χ3v) is 5.46. The molecule has 0 radical (unpaired) electrons. The molecule has 0 aliphatic rings. The minimum atomic E-state index is -3.95. The highest BCUT2D eigenvalue weighted by atomic mass is 35.5. The Morgan fingerprint density at radius 1 is 1.21 bits per heavy atom. The first kappa shape index (κ1) is 18.7. The molecule has 0 aliphatic carbocycles. The Morgan fingerprint density at radius 3 is 2.58 bits per heavy atom. The van der Waals surface area contributed by atoms with Gasteiger partial charge in [-0.05, 0) is 42.8 Å². The molecule has 0 spiro atoms. The second kappa shape index (κ2) is 7.48. The zero-order valence-electron chi connectivity index (χ0n) is 12.4. The Balaban J connectivity index is 2.06. The number of aryl methyl sites for hydroxylation is 1. The molecule has 5 nitrogen and oxygen atoms in total. The number of hydrogen-bond donors (Lipinski definition) is 2. The number of carbonyl (C=O) groups excluding carboxylic acids is 1. The van der Waals surface area contributed by atoms with Gasteiger partial charge in [0, 0.05) is 0 Å². The van der Waals surface area contributed by atoms with Crippen molar-refractivity contribution < 1.29 is 17.6 Å². The Morgan fingerprint density at radius 2 is 1.92 bits per heavy atom. The van der Waals surface area contributed by atoms with E-state index in [0.29, 0.717) is 0 Å². The van der Waals surface area contributed by atoms with E-state index in [2.05, 4.69) is 10.0 Å². The summed E-state index contributed by atoms with van der Waals surface area (Å²) in [5, 5.41) is 2.87. The van der Waals surface area contributed by atoms with E-state index in [4.69, 9.17) is 23.2 Å². The molecule has 0 aliphatic heterocycles. The van der Waals surface area contributed by atoms with E-state index >= 15 is 0 Å². The summed E-state index contributed by atoms with van der Waals surface area (Å²) in [5.41, 5.74) is 0.507. The SMILES string of the molecule is Cc1cc(F)ccc1S(=O)(=O)NCC(=O)Nc1cccc(Cl)c1Cl. The number of nitrogens with one attached hydrogen (secondary N) is 2. The molecular formula is C15H13Cl2FN2O3S. The third kappa shape index (κ3) is 4.45. The van der Waals surface area contributed by atoms with Gasteiger partial charge in [0.05, 0.1) is 27.2 Å². The Bertz CT molecular complexity index is 888. The van der Waals surface area contributed by atoms with Crippen molar-refractivity contribution in [2.24, 2.45) is 0 Å². The van der Waals surface area contributed by atoms with Crippen LogP contribution in [0.1, 0.15) is 5.56 Å². The topological polar surface area (TPSA) is 75.3 Å². The fourth-order valence-corrected chi connectivity index (χ4v) is 3.50. The summed E-state index contributed by atoms with van der Waals surface area (Å²) in [4.78, 5) is 11.8. The van der Waals surface area contributed by atoms with Crippen LogP contribution in [0.5, 0.6) is 0 Å². The number of halogens is 3. The molecule has 0 bridgehead atoms. The van der Waals surface area contributed by atoms with Crippen molar-refractivity contribution in [3.8, 4) is 0 Å². The molecule has 0 fully saturated rings. The minimum Gasteiger partial charge on any atom is -0.324 e. The van der Waals surface area contributed by atoms with Crippen molar-refractivity contribution in [3.63, 3.8) is 0 Å². The first-order chi connectivity index (χ1) is 11.2. The van der Waals surface area contributed by atoms with Crippen molar-refractivity contribution in [2.45, 2.75) is 11.8 Å². The predicted octanol–water partition coefficient (Wildman–Crippen LogP) is 3.36. The Labute approximate surface area is 148 Å². The molecule has 24 heavy (non-hydrogen) atoms. The van der Waals surface area contributed by atoms with Gasteiger partial charge in [-0.2, -0.15) is 0 Å². The molecule has 0 heterocycles. The molecule has 2 aromatic carbocycles. The van der Waals surface area contributed by atoms with Crippen LogP contribution in [0.25, 0.3) is 0 Å². The first-order valence-electron chi connectivity index (χ1n) is 6.70. The maximum absolute atomic E-state index is 13.1. The highest BCUT2D eigenvalue weighted by Crippen LogP contribution is 2.29. The van der Waals surface area contributed by atoms with Crippen molar-refractivity contribution in [1.29, 1.82) is 0 Å².